The largest absolute Gasteiger partial charge is 0.179 e. The molecule has 1 aliphatic rings. The third-order valence-corrected chi connectivity index (χ3v) is 4.69. The van der Waals surface area contributed by atoms with E-state index in [1.807, 2.05) is 0 Å². The Balaban J connectivity index is 1.88. The third-order valence-electron chi connectivity index (χ3n) is 3.21. The Bertz CT molecular complexity index is 130. The van der Waals surface area contributed by atoms with Gasteiger partial charge in [-0.15, -0.1) is 0 Å². The van der Waals surface area contributed by atoms with Crippen molar-refractivity contribution in [3.63, 3.8) is 0 Å². The molecule has 0 aromatic rings. The highest BCUT2D eigenvalue weighted by Crippen LogP contribution is 2.28. The summed E-state index contributed by atoms with van der Waals surface area (Å²) in [5.74, 6) is 5.77. The van der Waals surface area contributed by atoms with Gasteiger partial charge >= 0.3 is 0 Å². The molecule has 14 heavy (non-hydrogen) atoms. The van der Waals surface area contributed by atoms with Crippen LogP contribution in [0.2, 0.25) is 0 Å². The first-order valence-corrected chi connectivity index (χ1v) is 7.80. The quantitative estimate of drug-likeness (QED) is 0.505. The van der Waals surface area contributed by atoms with Gasteiger partial charge in [0.1, 0.15) is 0 Å². The van der Waals surface area contributed by atoms with Crippen molar-refractivity contribution in [1.82, 2.24) is 0 Å². The van der Waals surface area contributed by atoms with Crippen molar-refractivity contribution >= 4 is 24.4 Å². The predicted molar refractivity (Wildman–Crippen MR) is 71.5 cm³/mol. The van der Waals surface area contributed by atoms with Gasteiger partial charge in [0.2, 0.25) is 0 Å². The van der Waals surface area contributed by atoms with E-state index in [1.54, 1.807) is 0 Å². The Labute approximate surface area is 99.0 Å². The van der Waals surface area contributed by atoms with Crippen molar-refractivity contribution < 1.29 is 0 Å². The average Bonchev–Trinajstić information content (AvgIpc) is 2.65. The van der Waals surface area contributed by atoms with Crippen LogP contribution in [0.5, 0.6) is 0 Å². The van der Waals surface area contributed by atoms with Crippen LogP contribution in [0, 0.1) is 11.8 Å². The molecule has 1 rings (SSSR count). The minimum atomic E-state index is 0.878. The van der Waals surface area contributed by atoms with E-state index >= 15 is 0 Å². The van der Waals surface area contributed by atoms with Gasteiger partial charge < -0.3 is 0 Å². The van der Waals surface area contributed by atoms with Crippen molar-refractivity contribution in [2.75, 3.05) is 17.3 Å². The lowest BCUT2D eigenvalue weighted by Crippen LogP contribution is -2.01. The van der Waals surface area contributed by atoms with E-state index in [4.69, 9.17) is 0 Å². The van der Waals surface area contributed by atoms with Crippen LogP contribution >= 0.6 is 24.4 Å². The lowest BCUT2D eigenvalue weighted by Gasteiger charge is -2.11. The van der Waals surface area contributed by atoms with Gasteiger partial charge in [-0.25, -0.2) is 0 Å². The molecular weight excluding hydrogens is 208 g/mol. The molecule has 0 spiro atoms. The maximum absolute atomic E-state index is 4.27. The molecule has 1 fully saturated rings. The topological polar surface area (TPSA) is 0 Å². The van der Waals surface area contributed by atoms with Gasteiger partial charge in [-0.2, -0.15) is 24.4 Å². The number of thioether (sulfide) groups is 1. The SMILES string of the molecule is CC(CCS)CCSCC1CCCC1. The van der Waals surface area contributed by atoms with Crippen LogP contribution in [0.3, 0.4) is 0 Å². The molecule has 0 heterocycles. The zero-order valence-corrected chi connectivity index (χ0v) is 11.1. The molecule has 1 atom stereocenters. The van der Waals surface area contributed by atoms with E-state index in [9.17, 15) is 0 Å². The molecule has 84 valence electrons. The predicted octanol–water partition coefficient (Wildman–Crippen LogP) is 4.26. The number of thiol groups is 1. The average molecular weight is 232 g/mol. The first-order valence-electron chi connectivity index (χ1n) is 6.01. The highest BCUT2D eigenvalue weighted by atomic mass is 32.2. The van der Waals surface area contributed by atoms with Crippen LogP contribution in [0.25, 0.3) is 0 Å². The van der Waals surface area contributed by atoms with Crippen LogP contribution < -0.4 is 0 Å². The fourth-order valence-electron chi connectivity index (χ4n) is 2.08. The van der Waals surface area contributed by atoms with Crippen molar-refractivity contribution in [2.45, 2.75) is 45.4 Å². The van der Waals surface area contributed by atoms with Crippen LogP contribution in [0.4, 0.5) is 0 Å². The van der Waals surface area contributed by atoms with Gasteiger partial charge in [0, 0.05) is 0 Å². The maximum atomic E-state index is 4.27. The van der Waals surface area contributed by atoms with Crippen LogP contribution in [0.15, 0.2) is 0 Å². The van der Waals surface area contributed by atoms with Gasteiger partial charge in [0.05, 0.1) is 0 Å². The summed E-state index contributed by atoms with van der Waals surface area (Å²) in [4.78, 5) is 0. The van der Waals surface area contributed by atoms with Crippen molar-refractivity contribution in [3.05, 3.63) is 0 Å². The van der Waals surface area contributed by atoms with E-state index in [2.05, 4.69) is 31.3 Å². The van der Waals surface area contributed by atoms with Crippen molar-refractivity contribution in [2.24, 2.45) is 11.8 Å². The first-order chi connectivity index (χ1) is 6.83. The zero-order chi connectivity index (χ0) is 10.2. The summed E-state index contributed by atoms with van der Waals surface area (Å²) in [5, 5.41) is 0. The second-order valence-electron chi connectivity index (χ2n) is 4.63. The highest BCUT2D eigenvalue weighted by Gasteiger charge is 2.14. The summed E-state index contributed by atoms with van der Waals surface area (Å²) in [5.41, 5.74) is 0. The summed E-state index contributed by atoms with van der Waals surface area (Å²) >= 11 is 6.45. The molecule has 1 unspecified atom stereocenters. The van der Waals surface area contributed by atoms with Gasteiger partial charge in [-0.05, 0) is 54.8 Å². The molecule has 0 aromatic heterocycles. The number of hydrogen-bond donors (Lipinski definition) is 1. The molecule has 0 aromatic carbocycles. The standard InChI is InChI=1S/C12H24S2/c1-11(6-8-13)7-9-14-10-12-4-2-3-5-12/h11-13H,2-10H2,1H3. The van der Waals surface area contributed by atoms with E-state index in [0.717, 1.165) is 17.6 Å². The summed E-state index contributed by atoms with van der Waals surface area (Å²) in [7, 11) is 0. The molecule has 0 nitrogen and oxygen atoms in total. The van der Waals surface area contributed by atoms with Gasteiger partial charge in [0.25, 0.3) is 0 Å². The Hall–Kier alpha value is 0.700. The molecule has 1 saturated carbocycles. The maximum Gasteiger partial charge on any atom is -0.00391 e. The minimum absolute atomic E-state index is 0.878. The highest BCUT2D eigenvalue weighted by molar-refractivity contribution is 7.99. The van der Waals surface area contributed by atoms with E-state index < -0.39 is 0 Å². The Morgan fingerprint density at radius 3 is 2.64 bits per heavy atom. The van der Waals surface area contributed by atoms with E-state index in [-0.39, 0.29) is 0 Å². The van der Waals surface area contributed by atoms with E-state index in [0.29, 0.717) is 0 Å². The molecule has 2 heteroatoms. The number of rotatable bonds is 7. The Morgan fingerprint density at radius 2 is 2.00 bits per heavy atom. The summed E-state index contributed by atoms with van der Waals surface area (Å²) in [6, 6.07) is 0. The lowest BCUT2D eigenvalue weighted by atomic mass is 10.1. The van der Waals surface area contributed by atoms with Crippen LogP contribution in [-0.4, -0.2) is 17.3 Å². The Morgan fingerprint density at radius 1 is 1.29 bits per heavy atom. The van der Waals surface area contributed by atoms with Gasteiger partial charge in [-0.1, -0.05) is 19.8 Å². The summed E-state index contributed by atoms with van der Waals surface area (Å²) in [6.07, 6.45) is 8.64. The summed E-state index contributed by atoms with van der Waals surface area (Å²) < 4.78 is 0. The third kappa shape index (κ3) is 5.55. The lowest BCUT2D eigenvalue weighted by molar-refractivity contribution is 0.553. The second-order valence-corrected chi connectivity index (χ2v) is 6.23. The first kappa shape index (κ1) is 12.8. The van der Waals surface area contributed by atoms with Crippen molar-refractivity contribution in [3.8, 4) is 0 Å². The molecule has 0 amide bonds. The smallest absolute Gasteiger partial charge is 0.00391 e. The molecule has 0 saturated heterocycles. The van der Waals surface area contributed by atoms with Crippen LogP contribution in [-0.2, 0) is 0 Å². The molecule has 0 radical (unpaired) electrons. The molecular formula is C12H24S2. The monoisotopic (exact) mass is 232 g/mol. The zero-order valence-electron chi connectivity index (χ0n) is 9.37. The van der Waals surface area contributed by atoms with Gasteiger partial charge in [0.15, 0.2) is 0 Å². The molecule has 0 bridgehead atoms. The van der Waals surface area contributed by atoms with Crippen molar-refractivity contribution in [1.29, 1.82) is 0 Å². The molecule has 0 N–H and O–H groups in total. The molecule has 1 aliphatic carbocycles. The van der Waals surface area contributed by atoms with E-state index in [1.165, 1.54) is 50.0 Å². The second kappa shape index (κ2) is 7.92. The van der Waals surface area contributed by atoms with Gasteiger partial charge in [-0.3, -0.25) is 0 Å². The Kier molecular flexibility index (Phi) is 7.23. The minimum Gasteiger partial charge on any atom is -0.179 e. The normalized spacial score (nSPS) is 20.1. The summed E-state index contributed by atoms with van der Waals surface area (Å²) in [6.45, 7) is 2.35. The molecule has 0 aliphatic heterocycles. The number of hydrogen-bond acceptors (Lipinski definition) is 2. The fourth-order valence-corrected chi connectivity index (χ4v) is 3.92. The fraction of sp³-hybridized carbons (Fsp3) is 1.00. The van der Waals surface area contributed by atoms with Crippen LogP contribution in [0.1, 0.15) is 45.4 Å².